The van der Waals surface area contributed by atoms with E-state index in [0.717, 1.165) is 73.0 Å². The van der Waals surface area contributed by atoms with E-state index < -0.39 is 11.5 Å². The molecule has 1 aromatic carbocycles. The monoisotopic (exact) mass is 615 g/mol. The van der Waals surface area contributed by atoms with Crippen molar-refractivity contribution in [3.8, 4) is 22.9 Å². The van der Waals surface area contributed by atoms with Crippen molar-refractivity contribution in [2.75, 3.05) is 19.7 Å². The lowest BCUT2D eigenvalue weighted by molar-refractivity contribution is -0.0722. The number of nitrogens with one attached hydrogen (secondary N) is 1. The Morgan fingerprint density at radius 1 is 1.09 bits per heavy atom. The third-order valence-electron chi connectivity index (χ3n) is 8.75. The third-order valence-corrected chi connectivity index (χ3v) is 8.98. The summed E-state index contributed by atoms with van der Waals surface area (Å²) in [5, 5.41) is 4.36. The van der Waals surface area contributed by atoms with E-state index in [-0.39, 0.29) is 6.10 Å². The highest BCUT2D eigenvalue weighted by atomic mass is 35.5. The fraction of sp³-hybridized carbons (Fsp3) is 0.387. The number of ether oxygens (including phenoxy) is 3. The normalized spacial score (nSPS) is 22.0. The first-order valence-corrected chi connectivity index (χ1v) is 15.2. The molecule has 226 valence electrons. The van der Waals surface area contributed by atoms with Crippen molar-refractivity contribution >= 4 is 22.8 Å². The standard InChI is InChI=1S/C31H30ClN7O5/c1-31(25-6-5-20(32)15-33-25)42-24-4-2-3-22(27(24)43-31)18-7-10-38(11-8-18)17-26-35-23-13-19(28-36-30(40)44-37-28)14-34-29(23)39(26)16-21-9-12-41-21/h2-6,13-15,18,21H,7-12,16-17H2,1H3,(H,36,37,40). The number of aromatic nitrogens is 6. The van der Waals surface area contributed by atoms with Gasteiger partial charge in [-0.1, -0.05) is 28.9 Å². The Hall–Kier alpha value is -4.26. The summed E-state index contributed by atoms with van der Waals surface area (Å²) in [6.45, 7) is 5.88. The first-order chi connectivity index (χ1) is 21.4. The van der Waals surface area contributed by atoms with Crippen LogP contribution in [-0.4, -0.2) is 60.4 Å². The number of aromatic amines is 1. The smallest absolute Gasteiger partial charge is 0.439 e. The average molecular weight is 616 g/mol. The van der Waals surface area contributed by atoms with Gasteiger partial charge in [-0.2, -0.15) is 0 Å². The van der Waals surface area contributed by atoms with Crippen molar-refractivity contribution < 1.29 is 18.7 Å². The van der Waals surface area contributed by atoms with Crippen molar-refractivity contribution in [2.24, 2.45) is 0 Å². The first kappa shape index (κ1) is 27.3. The summed E-state index contributed by atoms with van der Waals surface area (Å²) in [4.78, 5) is 30.6. The first-order valence-electron chi connectivity index (χ1n) is 14.8. The van der Waals surface area contributed by atoms with Gasteiger partial charge in [0.05, 0.1) is 24.2 Å². The average Bonchev–Trinajstić information content (AvgIpc) is 3.69. The number of imidazole rings is 1. The molecule has 0 amide bonds. The molecular formula is C31H30ClN7O5. The molecule has 0 spiro atoms. The lowest BCUT2D eigenvalue weighted by Gasteiger charge is -2.33. The van der Waals surface area contributed by atoms with Crippen LogP contribution in [0.2, 0.25) is 5.02 Å². The number of para-hydroxylation sites is 1. The maximum absolute atomic E-state index is 11.5. The van der Waals surface area contributed by atoms with E-state index in [2.05, 4.69) is 35.2 Å². The van der Waals surface area contributed by atoms with Gasteiger partial charge in [0.25, 0.3) is 5.79 Å². The zero-order valence-electron chi connectivity index (χ0n) is 24.0. The van der Waals surface area contributed by atoms with Gasteiger partial charge in [0.1, 0.15) is 17.0 Å². The van der Waals surface area contributed by atoms with E-state index >= 15 is 0 Å². The molecule has 3 aliphatic rings. The van der Waals surface area contributed by atoms with Crippen LogP contribution < -0.4 is 15.2 Å². The van der Waals surface area contributed by atoms with Crippen LogP contribution in [0, 0.1) is 0 Å². The molecule has 2 saturated heterocycles. The maximum Gasteiger partial charge on any atom is 0.439 e. The molecule has 13 heteroatoms. The number of hydrogen-bond donors (Lipinski definition) is 1. The Kier molecular flexibility index (Phi) is 6.65. The Bertz CT molecular complexity index is 1890. The van der Waals surface area contributed by atoms with E-state index in [9.17, 15) is 4.79 Å². The number of nitrogens with zero attached hydrogens (tertiary/aromatic N) is 6. The number of hydrogen-bond acceptors (Lipinski definition) is 10. The number of pyridine rings is 2. The molecule has 12 nitrogen and oxygen atoms in total. The lowest BCUT2D eigenvalue weighted by atomic mass is 9.88. The molecule has 2 fully saturated rings. The Morgan fingerprint density at radius 3 is 2.68 bits per heavy atom. The molecule has 0 radical (unpaired) electrons. The quantitative estimate of drug-likeness (QED) is 0.276. The number of fused-ring (bicyclic) bond motifs is 2. The number of likely N-dealkylation sites (tertiary alicyclic amines) is 1. The van der Waals surface area contributed by atoms with Gasteiger partial charge >= 0.3 is 5.76 Å². The highest BCUT2D eigenvalue weighted by Gasteiger charge is 2.42. The molecule has 7 heterocycles. The third kappa shape index (κ3) is 4.92. The molecule has 0 bridgehead atoms. The summed E-state index contributed by atoms with van der Waals surface area (Å²) in [6, 6.07) is 11.6. The van der Waals surface area contributed by atoms with Crippen molar-refractivity contribution in [2.45, 2.75) is 57.1 Å². The highest BCUT2D eigenvalue weighted by molar-refractivity contribution is 6.30. The summed E-state index contributed by atoms with van der Waals surface area (Å²) in [5.41, 5.74) is 4.01. The van der Waals surface area contributed by atoms with Crippen LogP contribution in [0.1, 0.15) is 49.2 Å². The van der Waals surface area contributed by atoms with Gasteiger partial charge in [-0.15, -0.1) is 0 Å². The van der Waals surface area contributed by atoms with E-state index in [0.29, 0.717) is 41.1 Å². The van der Waals surface area contributed by atoms with Gasteiger partial charge in [-0.05, 0) is 62.5 Å². The number of H-pyrrole nitrogens is 1. The summed E-state index contributed by atoms with van der Waals surface area (Å²) < 4.78 is 25.4. The number of benzene rings is 1. The van der Waals surface area contributed by atoms with Crippen LogP contribution >= 0.6 is 11.6 Å². The molecule has 8 rings (SSSR count). The minimum Gasteiger partial charge on any atom is -0.443 e. The second-order valence-corrected chi connectivity index (χ2v) is 12.1. The van der Waals surface area contributed by atoms with E-state index in [1.54, 1.807) is 18.5 Å². The molecule has 5 aromatic rings. The van der Waals surface area contributed by atoms with Crippen LogP contribution in [0.15, 0.2) is 58.1 Å². The van der Waals surface area contributed by atoms with Crippen molar-refractivity contribution in [1.82, 2.24) is 34.6 Å². The van der Waals surface area contributed by atoms with Gasteiger partial charge in [0.2, 0.25) is 0 Å². The Balaban J connectivity index is 0.999. The fourth-order valence-corrected chi connectivity index (χ4v) is 6.42. The summed E-state index contributed by atoms with van der Waals surface area (Å²) in [7, 11) is 0. The minimum atomic E-state index is -1.01. The van der Waals surface area contributed by atoms with Gasteiger partial charge < -0.3 is 18.8 Å². The van der Waals surface area contributed by atoms with E-state index in [1.165, 1.54) is 0 Å². The largest absolute Gasteiger partial charge is 0.443 e. The molecule has 3 aliphatic heterocycles. The lowest BCUT2D eigenvalue weighted by Crippen LogP contribution is -2.35. The van der Waals surface area contributed by atoms with Crippen LogP contribution in [0.5, 0.6) is 11.5 Å². The van der Waals surface area contributed by atoms with Crippen molar-refractivity contribution in [1.29, 1.82) is 0 Å². The van der Waals surface area contributed by atoms with E-state index in [1.807, 2.05) is 31.2 Å². The molecule has 2 atom stereocenters. The van der Waals surface area contributed by atoms with Gasteiger partial charge in [0, 0.05) is 37.1 Å². The highest BCUT2D eigenvalue weighted by Crippen LogP contribution is 2.49. The number of rotatable bonds is 7. The molecule has 44 heavy (non-hydrogen) atoms. The number of piperidine rings is 1. The van der Waals surface area contributed by atoms with Crippen molar-refractivity contribution in [3.63, 3.8) is 0 Å². The van der Waals surface area contributed by atoms with Gasteiger partial charge in [0.15, 0.2) is 23.0 Å². The molecule has 0 saturated carbocycles. The van der Waals surface area contributed by atoms with Gasteiger partial charge in [-0.3, -0.25) is 19.4 Å². The van der Waals surface area contributed by atoms with Crippen LogP contribution in [0.25, 0.3) is 22.6 Å². The van der Waals surface area contributed by atoms with Crippen LogP contribution in [-0.2, 0) is 23.6 Å². The van der Waals surface area contributed by atoms with Crippen LogP contribution in [0.4, 0.5) is 0 Å². The second kappa shape index (κ2) is 10.7. The topological polar surface area (TPSA) is 133 Å². The fourth-order valence-electron chi connectivity index (χ4n) is 6.31. The molecule has 1 N–H and O–H groups in total. The predicted octanol–water partition coefficient (Wildman–Crippen LogP) is 4.64. The van der Waals surface area contributed by atoms with E-state index in [4.69, 9.17) is 35.8 Å². The summed E-state index contributed by atoms with van der Waals surface area (Å²) in [6.07, 6.45) is 6.41. The van der Waals surface area contributed by atoms with Crippen LogP contribution in [0.3, 0.4) is 0 Å². The molecule has 4 aromatic heterocycles. The van der Waals surface area contributed by atoms with Gasteiger partial charge in [-0.25, -0.2) is 14.8 Å². The predicted molar refractivity (Wildman–Crippen MR) is 160 cm³/mol. The molecule has 0 aliphatic carbocycles. The molecular weight excluding hydrogens is 586 g/mol. The second-order valence-electron chi connectivity index (χ2n) is 11.7. The maximum atomic E-state index is 11.5. The molecule has 2 unspecified atom stereocenters. The zero-order valence-corrected chi connectivity index (χ0v) is 24.8. The number of halogens is 1. The Morgan fingerprint density at radius 2 is 1.95 bits per heavy atom. The zero-order chi connectivity index (χ0) is 29.8. The minimum absolute atomic E-state index is 0.154. The SMILES string of the molecule is CC1(c2ccc(Cl)cn2)Oc2cccc(C3CCN(Cc4nc5cc(-c6noc(=O)[nH]6)cnc5n4CC4CCO4)CC3)c2O1. The summed E-state index contributed by atoms with van der Waals surface area (Å²) >= 11 is 6.06. The van der Waals surface area contributed by atoms with Crippen molar-refractivity contribution in [3.05, 3.63) is 81.4 Å². The summed E-state index contributed by atoms with van der Waals surface area (Å²) in [5.74, 6) is 1.52. The Labute approximate surface area is 256 Å².